The first-order chi connectivity index (χ1) is 19.5. The van der Waals surface area contributed by atoms with Crippen LogP contribution in [0.1, 0.15) is 100 Å². The first-order valence-corrected chi connectivity index (χ1v) is 18.1. The number of rotatable bonds is 13. The number of hydrogen-bond acceptors (Lipinski definition) is 0. The van der Waals surface area contributed by atoms with E-state index in [2.05, 4.69) is 121 Å². The molecule has 5 heteroatoms. The summed E-state index contributed by atoms with van der Waals surface area (Å²) in [5, 5.41) is 6.32. The van der Waals surface area contributed by atoms with Gasteiger partial charge in [-0.05, 0) is 71.9 Å². The van der Waals surface area contributed by atoms with E-state index in [4.69, 9.17) is 0 Å². The zero-order valence-electron chi connectivity index (χ0n) is 27.9. The fourth-order valence-electron chi connectivity index (χ4n) is 6.54. The van der Waals surface area contributed by atoms with Crippen molar-refractivity contribution in [3.05, 3.63) is 112 Å². The molecule has 0 bridgehead atoms. The van der Waals surface area contributed by atoms with Crippen LogP contribution in [0.3, 0.4) is 0 Å². The largest absolute Gasteiger partial charge is 4.00 e. The van der Waals surface area contributed by atoms with E-state index in [1.165, 1.54) is 46.2 Å². The second-order valence-electron chi connectivity index (χ2n) is 11.6. The summed E-state index contributed by atoms with van der Waals surface area (Å²) in [4.78, 5) is 0. The predicted molar refractivity (Wildman–Crippen MR) is 181 cm³/mol. The monoisotopic (exact) mass is 700 g/mol. The van der Waals surface area contributed by atoms with E-state index in [-0.39, 0.29) is 58.9 Å². The van der Waals surface area contributed by atoms with Crippen LogP contribution in [0.15, 0.2) is 72.8 Å². The molecule has 0 N–H and O–H groups in total. The Morgan fingerprint density at radius 1 is 0.500 bits per heavy atom. The normalized spacial score (nSPS) is 10.7. The third-order valence-electron chi connectivity index (χ3n) is 9.02. The Morgan fingerprint density at radius 3 is 1.09 bits per heavy atom. The summed E-state index contributed by atoms with van der Waals surface area (Å²) in [6.07, 6.45) is 10.0. The molecule has 4 rings (SSSR count). The van der Waals surface area contributed by atoms with Crippen LogP contribution in [0.25, 0.3) is 0 Å². The molecule has 0 aromatic heterocycles. The summed E-state index contributed by atoms with van der Waals surface area (Å²) < 4.78 is 0. The summed E-state index contributed by atoms with van der Waals surface area (Å²) in [7, 11) is -2.63. The van der Waals surface area contributed by atoms with Crippen molar-refractivity contribution in [3.63, 3.8) is 0 Å². The van der Waals surface area contributed by atoms with Gasteiger partial charge in [-0.25, -0.2) is 12.1 Å². The first-order valence-electron chi connectivity index (χ1n) is 16.1. The van der Waals surface area contributed by atoms with Crippen LogP contribution in [0.2, 0.25) is 0 Å². The van der Waals surface area contributed by atoms with Gasteiger partial charge in [0, 0.05) is 0 Å². The van der Waals surface area contributed by atoms with Crippen molar-refractivity contribution in [2.75, 3.05) is 0 Å². The number of hydrogen-bond donors (Lipinski definition) is 0. The average Bonchev–Trinajstić information content (AvgIpc) is 3.48. The van der Waals surface area contributed by atoms with Crippen molar-refractivity contribution < 1.29 is 58.9 Å². The molecule has 0 fully saturated rings. The van der Waals surface area contributed by atoms with Gasteiger partial charge in [0.1, 0.15) is 8.07 Å². The van der Waals surface area contributed by atoms with E-state index in [1.54, 1.807) is 26.3 Å². The molecule has 236 valence electrons. The third kappa shape index (κ3) is 8.99. The summed E-state index contributed by atoms with van der Waals surface area (Å²) >= 11 is 0. The minimum atomic E-state index is -2.63. The van der Waals surface area contributed by atoms with E-state index in [0.717, 1.165) is 44.9 Å². The summed E-state index contributed by atoms with van der Waals surface area (Å²) in [5.41, 5.74) is 10.4. The smallest absolute Gasteiger partial charge is 1.00 e. The van der Waals surface area contributed by atoms with E-state index >= 15 is 0 Å². The molecular weight excluding hydrogens is 651 g/mol. The summed E-state index contributed by atoms with van der Waals surface area (Å²) in [6, 6.07) is 30.2. The fourth-order valence-corrected chi connectivity index (χ4v) is 11.9. The van der Waals surface area contributed by atoms with E-state index in [0.29, 0.717) is 0 Å². The molecule has 0 unspecified atom stereocenters. The van der Waals surface area contributed by atoms with Gasteiger partial charge in [0.2, 0.25) is 0 Å². The Hall–Kier alpha value is -1.19. The minimum Gasteiger partial charge on any atom is -1.00 e. The van der Waals surface area contributed by atoms with Gasteiger partial charge in [0.15, 0.2) is 0 Å². The zero-order chi connectivity index (χ0) is 28.7. The van der Waals surface area contributed by atoms with E-state index < -0.39 is 8.07 Å². The molecule has 0 spiro atoms. The van der Waals surface area contributed by atoms with Gasteiger partial charge in [0.05, 0.1) is 0 Å². The topological polar surface area (TPSA) is 0 Å². The SMILES string of the molecule is CCCCc1ccc[c-]1[Si](c1cc(CC)cc(CC)c1)(c1cc(CC)cc(CC)c1)c1cc(CC)cc(CC)c1.[Cl-].[Cl-].[Cl-].[Ti+4]. The molecule has 0 aliphatic carbocycles. The van der Waals surface area contributed by atoms with Gasteiger partial charge in [0.25, 0.3) is 0 Å². The van der Waals surface area contributed by atoms with Gasteiger partial charge < -0.3 is 37.2 Å². The van der Waals surface area contributed by atoms with Crippen molar-refractivity contribution in [3.8, 4) is 0 Å². The maximum absolute atomic E-state index is 2.63. The molecule has 0 atom stereocenters. The molecule has 0 nitrogen and oxygen atoms in total. The van der Waals surface area contributed by atoms with Crippen LogP contribution in [0.4, 0.5) is 0 Å². The maximum atomic E-state index is 2.59. The van der Waals surface area contributed by atoms with Crippen LogP contribution >= 0.6 is 0 Å². The van der Waals surface area contributed by atoms with Gasteiger partial charge in [-0.3, -0.25) is 0 Å². The zero-order valence-corrected chi connectivity index (χ0v) is 32.8. The molecule has 0 aliphatic rings. The van der Waals surface area contributed by atoms with Gasteiger partial charge >= 0.3 is 21.7 Å². The fraction of sp³-hybridized carbons (Fsp3) is 0.410. The van der Waals surface area contributed by atoms with Crippen molar-refractivity contribution in [1.82, 2.24) is 0 Å². The average molecular weight is 702 g/mol. The van der Waals surface area contributed by atoms with Crippen LogP contribution in [-0.4, -0.2) is 8.07 Å². The van der Waals surface area contributed by atoms with Gasteiger partial charge in [-0.1, -0.05) is 138 Å². The van der Waals surface area contributed by atoms with Crippen LogP contribution in [0.5, 0.6) is 0 Å². The minimum absolute atomic E-state index is 0. The Balaban J connectivity index is 0.00000462. The van der Waals surface area contributed by atoms with Crippen molar-refractivity contribution in [1.29, 1.82) is 0 Å². The molecule has 0 heterocycles. The molecular formula is C39H51Cl3SiTi. The number of unbranched alkanes of at least 4 members (excludes halogenated alkanes) is 1. The Kier molecular flexibility index (Phi) is 19.6. The number of aryl methyl sites for hydroxylation is 7. The molecule has 44 heavy (non-hydrogen) atoms. The molecule has 0 amide bonds. The van der Waals surface area contributed by atoms with Crippen molar-refractivity contribution in [2.24, 2.45) is 0 Å². The van der Waals surface area contributed by atoms with Crippen molar-refractivity contribution >= 4 is 28.8 Å². The summed E-state index contributed by atoms with van der Waals surface area (Å²) in [5.74, 6) is 0. The van der Waals surface area contributed by atoms with Crippen LogP contribution < -0.4 is 58.0 Å². The van der Waals surface area contributed by atoms with Crippen LogP contribution in [-0.2, 0) is 66.7 Å². The second-order valence-corrected chi connectivity index (χ2v) is 15.3. The first kappa shape index (κ1) is 42.8. The standard InChI is InChI=1S/C39H51Si.3ClH.Ti/c1-8-15-17-35-18-16-19-39(35)40(36-23-29(9-2)20-30(10-3)24-36,37-25-31(11-4)21-32(12-5)26-37)38-27-33(13-6)22-34(14-7)28-38;;;;/h16,18-28H,8-15,17H2,1-7H3;3*1H;/q-1;;;;+4/p-3. The molecule has 0 radical (unpaired) electrons. The van der Waals surface area contributed by atoms with E-state index in [9.17, 15) is 0 Å². The Bertz CT molecular complexity index is 1220. The Labute approximate surface area is 303 Å². The van der Waals surface area contributed by atoms with E-state index in [1.807, 2.05) is 0 Å². The molecule has 4 aromatic rings. The van der Waals surface area contributed by atoms with Crippen molar-refractivity contribution in [2.45, 2.75) is 106 Å². The third-order valence-corrected chi connectivity index (χ3v) is 13.8. The van der Waals surface area contributed by atoms with Gasteiger partial charge in [-0.15, -0.1) is 5.19 Å². The summed E-state index contributed by atoms with van der Waals surface area (Å²) in [6.45, 7) is 16.2. The second kappa shape index (κ2) is 20.1. The maximum Gasteiger partial charge on any atom is 4.00 e. The predicted octanol–water partition coefficient (Wildman–Crippen LogP) is -1.49. The molecule has 4 aromatic carbocycles. The molecule has 0 aliphatic heterocycles. The molecule has 0 saturated carbocycles. The molecule has 0 saturated heterocycles. The van der Waals surface area contributed by atoms with Gasteiger partial charge in [-0.2, -0.15) is 11.6 Å². The van der Waals surface area contributed by atoms with Crippen LogP contribution in [0, 0.1) is 0 Å². The Morgan fingerprint density at radius 2 is 0.818 bits per heavy atom. The number of benzene rings is 3. The number of halogens is 3. The quantitative estimate of drug-likeness (QED) is 0.0907.